The largest absolute Gasteiger partial charge is 0.396 e. The number of rotatable bonds is 5. The molecule has 66 valence electrons. The molecule has 0 radical (unpaired) electrons. The molecule has 0 saturated carbocycles. The molecule has 0 aromatic carbocycles. The Hall–Kier alpha value is -0.680. The van der Waals surface area contributed by atoms with Gasteiger partial charge in [-0.15, -0.1) is 0 Å². The number of hydrogen-bond donors (Lipinski definition) is 2. The van der Waals surface area contributed by atoms with Gasteiger partial charge in [0.05, 0.1) is 4.92 Å². The normalized spacial score (nSPS) is 15.9. The Balaban J connectivity index is 3.56. The van der Waals surface area contributed by atoms with Crippen molar-refractivity contribution in [3.05, 3.63) is 10.1 Å². The fraction of sp³-hybridized carbons (Fsp3) is 1.00. The van der Waals surface area contributed by atoms with Gasteiger partial charge < -0.3 is 10.2 Å². The molecule has 0 fully saturated rings. The summed E-state index contributed by atoms with van der Waals surface area (Å²) in [5, 5.41) is 27.1. The van der Waals surface area contributed by atoms with Crippen molar-refractivity contribution >= 4 is 0 Å². The van der Waals surface area contributed by atoms with Gasteiger partial charge in [0.15, 0.2) is 0 Å². The van der Waals surface area contributed by atoms with Crippen LogP contribution >= 0.6 is 0 Å². The summed E-state index contributed by atoms with van der Waals surface area (Å²) in [6.07, 6.45) is -0.894. The monoisotopic (exact) mass is 163 g/mol. The molecule has 0 spiro atoms. The number of nitro groups is 1. The van der Waals surface area contributed by atoms with Gasteiger partial charge in [-0.1, -0.05) is 6.92 Å². The molecule has 2 atom stereocenters. The van der Waals surface area contributed by atoms with Gasteiger partial charge in [0.2, 0.25) is 0 Å². The minimum atomic E-state index is -1.49. The van der Waals surface area contributed by atoms with Gasteiger partial charge >= 0.3 is 6.23 Å². The van der Waals surface area contributed by atoms with Crippen molar-refractivity contribution in [2.75, 3.05) is 6.61 Å². The molecule has 0 aromatic rings. The lowest BCUT2D eigenvalue weighted by atomic mass is 10.0. The van der Waals surface area contributed by atoms with E-state index in [1.54, 1.807) is 6.92 Å². The van der Waals surface area contributed by atoms with Crippen molar-refractivity contribution in [1.29, 1.82) is 0 Å². The van der Waals surface area contributed by atoms with Crippen molar-refractivity contribution in [3.8, 4) is 0 Å². The highest BCUT2D eigenvalue weighted by atomic mass is 16.7. The summed E-state index contributed by atoms with van der Waals surface area (Å²) in [4.78, 5) is 9.20. The molecule has 0 saturated heterocycles. The second-order valence-electron chi connectivity index (χ2n) is 2.62. The Morgan fingerprint density at radius 3 is 2.55 bits per heavy atom. The van der Waals surface area contributed by atoms with E-state index in [4.69, 9.17) is 10.2 Å². The van der Waals surface area contributed by atoms with Crippen molar-refractivity contribution in [2.24, 2.45) is 5.92 Å². The molecule has 0 aliphatic carbocycles. The molecule has 0 heterocycles. The number of nitrogens with zero attached hydrogens (tertiary/aromatic N) is 1. The average Bonchev–Trinajstić information content (AvgIpc) is 1.87. The number of aliphatic hydroxyl groups is 2. The lowest BCUT2D eigenvalue weighted by molar-refractivity contribution is -0.572. The maximum atomic E-state index is 9.93. The van der Waals surface area contributed by atoms with Gasteiger partial charge in [-0.05, 0) is 12.3 Å². The SMILES string of the molecule is CC(CCO)CC(O)[N+](=O)[O-]. The molecule has 0 aliphatic heterocycles. The Morgan fingerprint density at radius 1 is 1.64 bits per heavy atom. The minimum Gasteiger partial charge on any atom is -0.396 e. The van der Waals surface area contributed by atoms with Crippen molar-refractivity contribution < 1.29 is 15.1 Å². The van der Waals surface area contributed by atoms with Crippen LogP contribution in [0.1, 0.15) is 19.8 Å². The van der Waals surface area contributed by atoms with Crippen molar-refractivity contribution in [3.63, 3.8) is 0 Å². The number of hydrogen-bond acceptors (Lipinski definition) is 4. The van der Waals surface area contributed by atoms with Gasteiger partial charge in [0.1, 0.15) is 0 Å². The second-order valence-corrected chi connectivity index (χ2v) is 2.62. The van der Waals surface area contributed by atoms with E-state index in [-0.39, 0.29) is 18.9 Å². The maximum absolute atomic E-state index is 9.93. The van der Waals surface area contributed by atoms with E-state index >= 15 is 0 Å². The third kappa shape index (κ3) is 4.69. The van der Waals surface area contributed by atoms with E-state index in [9.17, 15) is 10.1 Å². The van der Waals surface area contributed by atoms with E-state index in [0.717, 1.165) is 0 Å². The van der Waals surface area contributed by atoms with Gasteiger partial charge in [0.25, 0.3) is 0 Å². The molecule has 5 heteroatoms. The first-order valence-electron chi connectivity index (χ1n) is 3.50. The van der Waals surface area contributed by atoms with E-state index in [1.165, 1.54) is 0 Å². The fourth-order valence-corrected chi connectivity index (χ4v) is 0.784. The molecule has 5 nitrogen and oxygen atoms in total. The smallest absolute Gasteiger partial charge is 0.313 e. The third-order valence-corrected chi connectivity index (χ3v) is 1.48. The summed E-state index contributed by atoms with van der Waals surface area (Å²) in [5.41, 5.74) is 0. The van der Waals surface area contributed by atoms with Crippen LogP contribution in [-0.2, 0) is 0 Å². The highest BCUT2D eigenvalue weighted by molar-refractivity contribution is 4.53. The first kappa shape index (κ1) is 10.3. The highest BCUT2D eigenvalue weighted by Crippen LogP contribution is 2.09. The molecule has 0 amide bonds. The van der Waals surface area contributed by atoms with Crippen LogP contribution < -0.4 is 0 Å². The molecule has 0 aromatic heterocycles. The van der Waals surface area contributed by atoms with Gasteiger partial charge in [-0.2, -0.15) is 0 Å². The molecule has 0 rings (SSSR count). The zero-order valence-corrected chi connectivity index (χ0v) is 6.43. The summed E-state index contributed by atoms with van der Waals surface area (Å²) < 4.78 is 0. The Kier molecular flexibility index (Phi) is 4.72. The standard InChI is InChI=1S/C6H13NO4/c1-5(2-3-8)4-6(9)7(10)11/h5-6,8-9H,2-4H2,1H3. The Bertz CT molecular complexity index is 128. The van der Waals surface area contributed by atoms with E-state index in [2.05, 4.69) is 0 Å². The number of aliphatic hydroxyl groups excluding tert-OH is 2. The summed E-state index contributed by atoms with van der Waals surface area (Å²) >= 11 is 0. The molecular weight excluding hydrogens is 150 g/mol. The van der Waals surface area contributed by atoms with Gasteiger partial charge in [-0.3, -0.25) is 10.1 Å². The Morgan fingerprint density at radius 2 is 2.18 bits per heavy atom. The van der Waals surface area contributed by atoms with Crippen LogP contribution in [0.15, 0.2) is 0 Å². The van der Waals surface area contributed by atoms with Crippen LogP contribution in [0.5, 0.6) is 0 Å². The zero-order chi connectivity index (χ0) is 8.85. The average molecular weight is 163 g/mol. The predicted molar refractivity (Wildman–Crippen MR) is 38.5 cm³/mol. The first-order chi connectivity index (χ1) is 5.07. The van der Waals surface area contributed by atoms with Crippen molar-refractivity contribution in [1.82, 2.24) is 0 Å². The van der Waals surface area contributed by atoms with E-state index < -0.39 is 11.2 Å². The molecule has 0 aliphatic rings. The second kappa shape index (κ2) is 5.03. The minimum absolute atomic E-state index is 0.00556. The molecule has 2 N–H and O–H groups in total. The fourth-order valence-electron chi connectivity index (χ4n) is 0.784. The summed E-state index contributed by atoms with van der Waals surface area (Å²) in [6, 6.07) is 0. The van der Waals surface area contributed by atoms with Crippen LogP contribution in [0.25, 0.3) is 0 Å². The van der Waals surface area contributed by atoms with Crippen LogP contribution in [-0.4, -0.2) is 28.0 Å². The third-order valence-electron chi connectivity index (χ3n) is 1.48. The van der Waals surface area contributed by atoms with Crippen LogP contribution in [0.3, 0.4) is 0 Å². The summed E-state index contributed by atoms with van der Waals surface area (Å²) in [5.74, 6) is -0.0135. The quantitative estimate of drug-likeness (QED) is 0.339. The summed E-state index contributed by atoms with van der Waals surface area (Å²) in [6.45, 7) is 1.76. The molecule has 11 heavy (non-hydrogen) atoms. The lowest BCUT2D eigenvalue weighted by Crippen LogP contribution is -2.21. The topological polar surface area (TPSA) is 83.6 Å². The maximum Gasteiger partial charge on any atom is 0.313 e. The zero-order valence-electron chi connectivity index (χ0n) is 6.43. The van der Waals surface area contributed by atoms with E-state index in [1.807, 2.05) is 0 Å². The van der Waals surface area contributed by atoms with Crippen LogP contribution in [0.2, 0.25) is 0 Å². The lowest BCUT2D eigenvalue weighted by Gasteiger charge is -2.08. The first-order valence-corrected chi connectivity index (χ1v) is 3.50. The summed E-state index contributed by atoms with van der Waals surface area (Å²) in [7, 11) is 0. The van der Waals surface area contributed by atoms with Crippen LogP contribution in [0, 0.1) is 16.0 Å². The molecule has 0 bridgehead atoms. The Labute approximate surface area is 64.8 Å². The van der Waals surface area contributed by atoms with Gasteiger partial charge in [0, 0.05) is 13.0 Å². The highest BCUT2D eigenvalue weighted by Gasteiger charge is 2.18. The van der Waals surface area contributed by atoms with Crippen molar-refractivity contribution in [2.45, 2.75) is 26.0 Å². The predicted octanol–water partition coefficient (Wildman–Crippen LogP) is -0.00990. The van der Waals surface area contributed by atoms with E-state index in [0.29, 0.717) is 6.42 Å². The molecular formula is C6H13NO4. The van der Waals surface area contributed by atoms with Gasteiger partial charge in [-0.25, -0.2) is 0 Å². The molecule has 2 unspecified atom stereocenters. The van der Waals surface area contributed by atoms with Crippen LogP contribution in [0.4, 0.5) is 0 Å².